The minimum Gasteiger partial charge on any atom is -0.478 e. The average Bonchev–Trinajstić information content (AvgIpc) is 3.31. The molecule has 1 N–H and O–H groups in total. The quantitative estimate of drug-likeness (QED) is 0.539. The molecule has 8 heteroatoms. The maximum Gasteiger partial charge on any atom is 0.335 e. The second kappa shape index (κ2) is 9.65. The Morgan fingerprint density at radius 1 is 1.24 bits per heavy atom. The van der Waals surface area contributed by atoms with Crippen LogP contribution in [-0.4, -0.2) is 45.2 Å². The Kier molecular flexibility index (Phi) is 6.68. The Morgan fingerprint density at radius 3 is 2.58 bits per heavy atom. The van der Waals surface area contributed by atoms with Crippen LogP contribution in [0.25, 0.3) is 10.9 Å². The minimum absolute atomic E-state index is 0.110. The van der Waals surface area contributed by atoms with Crippen LogP contribution in [0.4, 0.5) is 5.69 Å². The predicted molar refractivity (Wildman–Crippen MR) is 130 cm³/mol. The van der Waals surface area contributed by atoms with Crippen molar-refractivity contribution in [2.24, 2.45) is 7.05 Å². The lowest BCUT2D eigenvalue weighted by molar-refractivity contribution is 0.0697. The van der Waals surface area contributed by atoms with E-state index in [9.17, 15) is 9.59 Å². The van der Waals surface area contributed by atoms with E-state index in [0.29, 0.717) is 35.6 Å². The molecule has 2 heterocycles. The summed E-state index contributed by atoms with van der Waals surface area (Å²) in [6.45, 7) is 3.34. The summed E-state index contributed by atoms with van der Waals surface area (Å²) in [7, 11) is 1.75. The summed E-state index contributed by atoms with van der Waals surface area (Å²) in [6, 6.07) is 10.0. The number of aromatic nitrogens is 2. The van der Waals surface area contributed by atoms with Crippen LogP contribution in [0.2, 0.25) is 5.02 Å². The summed E-state index contributed by atoms with van der Waals surface area (Å²) in [6.07, 6.45) is 7.91. The fourth-order valence-corrected chi connectivity index (χ4v) is 4.37. The highest BCUT2D eigenvalue weighted by Gasteiger charge is 2.18. The number of carboxylic acids is 1. The van der Waals surface area contributed by atoms with Crippen LogP contribution in [0.1, 0.15) is 34.6 Å². The lowest BCUT2D eigenvalue weighted by Crippen LogP contribution is -2.28. The lowest BCUT2D eigenvalue weighted by atomic mass is 10.1. The number of aromatic carboxylic acids is 1. The third-order valence-electron chi connectivity index (χ3n) is 6.02. The van der Waals surface area contributed by atoms with Gasteiger partial charge in [0.25, 0.3) is 5.56 Å². The first kappa shape index (κ1) is 22.8. The summed E-state index contributed by atoms with van der Waals surface area (Å²) >= 11 is 6.60. The van der Waals surface area contributed by atoms with E-state index < -0.39 is 5.97 Å². The topological polar surface area (TPSA) is 78.7 Å². The van der Waals surface area contributed by atoms with Crippen LogP contribution in [0.5, 0.6) is 0 Å². The first-order valence-corrected chi connectivity index (χ1v) is 11.2. The van der Waals surface area contributed by atoms with Crippen molar-refractivity contribution in [1.29, 1.82) is 0 Å². The molecule has 4 rings (SSSR count). The largest absolute Gasteiger partial charge is 0.478 e. The Hall–Kier alpha value is -3.34. The molecule has 0 unspecified atom stereocenters. The van der Waals surface area contributed by atoms with Crippen molar-refractivity contribution in [3.63, 3.8) is 0 Å². The Labute approximate surface area is 197 Å². The summed E-state index contributed by atoms with van der Waals surface area (Å²) in [5, 5.41) is 10.1. The average molecular weight is 465 g/mol. The number of fused-ring (bicyclic) bond motifs is 1. The normalized spacial score (nSPS) is 13.8. The van der Waals surface area contributed by atoms with E-state index in [4.69, 9.17) is 28.1 Å². The molecule has 1 fully saturated rings. The molecule has 1 aliphatic rings. The molecule has 0 atom stereocenters. The number of halogens is 1. The molecule has 7 nitrogen and oxygen atoms in total. The van der Waals surface area contributed by atoms with Gasteiger partial charge in [-0.05, 0) is 67.9 Å². The zero-order chi connectivity index (χ0) is 23.5. The summed E-state index contributed by atoms with van der Waals surface area (Å²) in [4.78, 5) is 33.2. The second-order valence-corrected chi connectivity index (χ2v) is 8.66. The third-order valence-corrected chi connectivity index (χ3v) is 6.37. The van der Waals surface area contributed by atoms with E-state index in [1.54, 1.807) is 35.9 Å². The van der Waals surface area contributed by atoms with E-state index in [2.05, 4.69) is 10.8 Å². The van der Waals surface area contributed by atoms with Gasteiger partial charge in [-0.3, -0.25) is 14.3 Å². The Bertz CT molecular complexity index is 1290. The Balaban J connectivity index is 1.67. The first-order chi connectivity index (χ1) is 15.9. The van der Waals surface area contributed by atoms with Gasteiger partial charge in [0.05, 0.1) is 29.6 Å². The number of benzene rings is 2. The molecule has 3 aromatic rings. The molecule has 0 bridgehead atoms. The molecule has 33 heavy (non-hydrogen) atoms. The molecule has 0 aliphatic carbocycles. The first-order valence-electron chi connectivity index (χ1n) is 10.8. The van der Waals surface area contributed by atoms with Crippen LogP contribution in [-0.2, 0) is 20.1 Å². The minimum atomic E-state index is -0.991. The van der Waals surface area contributed by atoms with Crippen molar-refractivity contribution in [3.05, 3.63) is 68.7 Å². The fraction of sp³-hybridized carbons (Fsp3) is 0.320. The molecular formula is C25H25ClN4O3. The molecule has 2 aromatic carbocycles. The second-order valence-electron chi connectivity index (χ2n) is 8.25. The summed E-state index contributed by atoms with van der Waals surface area (Å²) in [5.74, 6) is 2.36. The van der Waals surface area contributed by atoms with Gasteiger partial charge in [-0.15, -0.1) is 6.42 Å². The third kappa shape index (κ3) is 4.87. The van der Waals surface area contributed by atoms with Gasteiger partial charge in [0.15, 0.2) is 0 Å². The molecular weight excluding hydrogens is 440 g/mol. The van der Waals surface area contributed by atoms with Gasteiger partial charge in [-0.2, -0.15) is 0 Å². The van der Waals surface area contributed by atoms with Gasteiger partial charge in [-0.25, -0.2) is 9.78 Å². The molecule has 0 spiro atoms. The maximum absolute atomic E-state index is 13.1. The van der Waals surface area contributed by atoms with Crippen molar-refractivity contribution < 1.29 is 9.90 Å². The predicted octanol–water partition coefficient (Wildman–Crippen LogP) is 3.52. The molecule has 0 saturated carbocycles. The standard InChI is InChI=1S/C25H25ClN4O3/c1-3-10-30(19-8-6-17(7-9-19)25(32)33)15-18-13-20-22(14-21(18)26)27-23(28(2)24(20)31)16-29-11-4-5-12-29/h1,6-9,13-14H,4-5,10-12,15-16H2,2H3,(H,32,33). The molecule has 1 saturated heterocycles. The smallest absolute Gasteiger partial charge is 0.335 e. The monoisotopic (exact) mass is 464 g/mol. The van der Waals surface area contributed by atoms with E-state index in [1.165, 1.54) is 25.0 Å². The molecule has 1 aromatic heterocycles. The number of rotatable bonds is 7. The van der Waals surface area contributed by atoms with Crippen molar-refractivity contribution in [2.75, 3.05) is 24.5 Å². The number of carbonyl (C=O) groups is 1. The molecule has 1 aliphatic heterocycles. The van der Waals surface area contributed by atoms with Gasteiger partial charge in [-0.1, -0.05) is 17.5 Å². The van der Waals surface area contributed by atoms with Gasteiger partial charge >= 0.3 is 5.97 Å². The number of hydrogen-bond donors (Lipinski definition) is 1. The fourth-order valence-electron chi connectivity index (χ4n) is 4.16. The number of anilines is 1. The number of nitrogens with zero attached hydrogens (tertiary/aromatic N) is 4. The highest BCUT2D eigenvalue weighted by Crippen LogP contribution is 2.26. The van der Waals surface area contributed by atoms with Crippen LogP contribution in [0, 0.1) is 12.3 Å². The maximum atomic E-state index is 13.1. The lowest BCUT2D eigenvalue weighted by Gasteiger charge is -2.23. The summed E-state index contributed by atoms with van der Waals surface area (Å²) < 4.78 is 1.61. The van der Waals surface area contributed by atoms with Gasteiger partial charge in [0.2, 0.25) is 0 Å². The van der Waals surface area contributed by atoms with Crippen molar-refractivity contribution in [2.45, 2.75) is 25.9 Å². The van der Waals surface area contributed by atoms with Crippen molar-refractivity contribution in [1.82, 2.24) is 14.5 Å². The highest BCUT2D eigenvalue weighted by atomic mass is 35.5. The van der Waals surface area contributed by atoms with Gasteiger partial charge < -0.3 is 10.0 Å². The van der Waals surface area contributed by atoms with Crippen molar-refractivity contribution >= 4 is 34.2 Å². The van der Waals surface area contributed by atoms with E-state index >= 15 is 0 Å². The van der Waals surface area contributed by atoms with E-state index in [0.717, 1.165) is 30.2 Å². The van der Waals surface area contributed by atoms with Gasteiger partial charge in [0.1, 0.15) is 5.82 Å². The summed E-state index contributed by atoms with van der Waals surface area (Å²) in [5.41, 5.74) is 2.17. The molecule has 0 radical (unpaired) electrons. The van der Waals surface area contributed by atoms with E-state index in [1.807, 2.05) is 4.90 Å². The highest BCUT2D eigenvalue weighted by molar-refractivity contribution is 6.32. The van der Waals surface area contributed by atoms with Crippen LogP contribution >= 0.6 is 11.6 Å². The number of hydrogen-bond acceptors (Lipinski definition) is 5. The molecule has 170 valence electrons. The molecule has 0 amide bonds. The Morgan fingerprint density at radius 2 is 1.94 bits per heavy atom. The van der Waals surface area contributed by atoms with Crippen LogP contribution in [0.15, 0.2) is 41.2 Å². The van der Waals surface area contributed by atoms with E-state index in [-0.39, 0.29) is 11.1 Å². The number of carboxylic acid groups (broad SMARTS) is 1. The zero-order valence-corrected chi connectivity index (χ0v) is 19.2. The van der Waals surface area contributed by atoms with Crippen molar-refractivity contribution in [3.8, 4) is 12.3 Å². The van der Waals surface area contributed by atoms with Crippen LogP contribution < -0.4 is 10.5 Å². The SMILES string of the molecule is C#CCN(Cc1cc2c(=O)n(C)c(CN3CCCC3)nc2cc1Cl)c1ccc(C(=O)O)cc1. The zero-order valence-electron chi connectivity index (χ0n) is 18.4. The number of terminal acetylenes is 1. The number of likely N-dealkylation sites (tertiary alicyclic amines) is 1. The van der Waals surface area contributed by atoms with Crippen LogP contribution in [0.3, 0.4) is 0 Å². The van der Waals surface area contributed by atoms with Gasteiger partial charge in [0, 0.05) is 24.3 Å².